The number of rotatable bonds is 4. The number of allylic oxidation sites excluding steroid dienone is 2. The molecule has 6 heteroatoms. The summed E-state index contributed by atoms with van der Waals surface area (Å²) in [7, 11) is 0. The molecule has 0 spiro atoms. The molecule has 3 amide bonds. The molecule has 0 bridgehead atoms. The lowest BCUT2D eigenvalue weighted by Gasteiger charge is -2.17. The van der Waals surface area contributed by atoms with E-state index in [2.05, 4.69) is 5.32 Å². The topological polar surface area (TPSA) is 66.5 Å². The molecule has 0 unspecified atom stereocenters. The number of carbonyl (C=O) groups is 3. The highest BCUT2D eigenvalue weighted by molar-refractivity contribution is 6.34. The summed E-state index contributed by atoms with van der Waals surface area (Å²) >= 11 is 6.23. The monoisotopic (exact) mass is 394 g/mol. The van der Waals surface area contributed by atoms with Crippen molar-refractivity contribution in [2.24, 2.45) is 11.8 Å². The molecular formula is C22H19ClN2O3. The second-order valence-corrected chi connectivity index (χ2v) is 7.45. The Hall–Kier alpha value is -2.92. The van der Waals surface area contributed by atoms with Gasteiger partial charge < -0.3 is 5.32 Å². The second kappa shape index (κ2) is 7.60. The Morgan fingerprint density at radius 2 is 1.64 bits per heavy atom. The standard InChI is InChI=1S/C22H19ClN2O3/c23-18-11-10-15(25-21(27)16-8-4-5-9-17(16)22(25)28)13-19(18)24-20(26)12-14-6-2-1-3-7-14/h1-7,10-11,13,16-17H,8-9,12H2,(H,24,26)/t16-,17-/m0/s1. The fourth-order valence-electron chi connectivity index (χ4n) is 3.78. The van der Waals surface area contributed by atoms with Crippen LogP contribution < -0.4 is 10.2 Å². The van der Waals surface area contributed by atoms with E-state index in [-0.39, 0.29) is 36.0 Å². The van der Waals surface area contributed by atoms with Gasteiger partial charge in [-0.25, -0.2) is 4.90 Å². The van der Waals surface area contributed by atoms with Crippen LogP contribution in [0, 0.1) is 11.8 Å². The molecule has 2 aliphatic rings. The fourth-order valence-corrected chi connectivity index (χ4v) is 3.94. The number of amides is 3. The minimum Gasteiger partial charge on any atom is -0.324 e. The minimum atomic E-state index is -0.302. The molecular weight excluding hydrogens is 376 g/mol. The molecule has 0 radical (unpaired) electrons. The second-order valence-electron chi connectivity index (χ2n) is 7.04. The van der Waals surface area contributed by atoms with Crippen molar-refractivity contribution in [3.63, 3.8) is 0 Å². The Balaban J connectivity index is 1.55. The van der Waals surface area contributed by atoms with Crippen LogP contribution in [0.3, 0.4) is 0 Å². The molecule has 2 aromatic carbocycles. The molecule has 1 aliphatic heterocycles. The molecule has 1 aliphatic carbocycles. The quantitative estimate of drug-likeness (QED) is 0.630. The van der Waals surface area contributed by atoms with Gasteiger partial charge in [0.25, 0.3) is 0 Å². The fraction of sp³-hybridized carbons (Fsp3) is 0.227. The van der Waals surface area contributed by atoms with E-state index in [1.165, 1.54) is 4.90 Å². The Kier molecular flexibility index (Phi) is 5.01. The van der Waals surface area contributed by atoms with Gasteiger partial charge in [-0.05, 0) is 36.6 Å². The lowest BCUT2D eigenvalue weighted by atomic mass is 9.85. The lowest BCUT2D eigenvalue weighted by molar-refractivity contribution is -0.122. The van der Waals surface area contributed by atoms with Gasteiger partial charge in [0.15, 0.2) is 0 Å². The predicted molar refractivity (Wildman–Crippen MR) is 108 cm³/mol. The maximum Gasteiger partial charge on any atom is 0.238 e. The first-order valence-electron chi connectivity index (χ1n) is 9.21. The largest absolute Gasteiger partial charge is 0.324 e. The summed E-state index contributed by atoms with van der Waals surface area (Å²) in [5.74, 6) is -1.21. The summed E-state index contributed by atoms with van der Waals surface area (Å²) in [5, 5.41) is 3.13. The SMILES string of the molecule is O=C(Cc1ccccc1)Nc1cc(N2C(=O)[C@H]3CC=CC[C@@H]3C2=O)ccc1Cl. The molecule has 4 rings (SSSR count). The van der Waals surface area contributed by atoms with E-state index in [1.807, 2.05) is 42.5 Å². The summed E-state index contributed by atoms with van der Waals surface area (Å²) in [4.78, 5) is 39.1. The van der Waals surface area contributed by atoms with Gasteiger partial charge >= 0.3 is 0 Å². The molecule has 142 valence electrons. The van der Waals surface area contributed by atoms with Crippen molar-refractivity contribution in [1.82, 2.24) is 0 Å². The number of anilines is 2. The predicted octanol–water partition coefficient (Wildman–Crippen LogP) is 3.98. The van der Waals surface area contributed by atoms with E-state index in [0.717, 1.165) is 5.56 Å². The van der Waals surface area contributed by atoms with Crippen molar-refractivity contribution >= 4 is 40.7 Å². The zero-order chi connectivity index (χ0) is 19.7. The van der Waals surface area contributed by atoms with Crippen LogP contribution in [-0.2, 0) is 20.8 Å². The highest BCUT2D eigenvalue weighted by atomic mass is 35.5. The van der Waals surface area contributed by atoms with Crippen molar-refractivity contribution in [2.75, 3.05) is 10.2 Å². The average Bonchev–Trinajstić information content (AvgIpc) is 2.95. The smallest absolute Gasteiger partial charge is 0.238 e. The molecule has 0 aromatic heterocycles. The number of nitrogens with zero attached hydrogens (tertiary/aromatic N) is 1. The van der Waals surface area contributed by atoms with E-state index < -0.39 is 0 Å². The number of imide groups is 1. The molecule has 1 heterocycles. The van der Waals surface area contributed by atoms with Crippen molar-refractivity contribution in [2.45, 2.75) is 19.3 Å². The zero-order valence-electron chi connectivity index (χ0n) is 15.1. The first-order valence-corrected chi connectivity index (χ1v) is 9.58. The van der Waals surface area contributed by atoms with Crippen LogP contribution >= 0.6 is 11.6 Å². The molecule has 2 atom stereocenters. The van der Waals surface area contributed by atoms with Gasteiger partial charge in [-0.2, -0.15) is 0 Å². The van der Waals surface area contributed by atoms with E-state index in [0.29, 0.717) is 29.2 Å². The number of hydrogen-bond donors (Lipinski definition) is 1. The van der Waals surface area contributed by atoms with Crippen LogP contribution in [-0.4, -0.2) is 17.7 Å². The average molecular weight is 395 g/mol. The summed E-state index contributed by atoms with van der Waals surface area (Å²) in [5.41, 5.74) is 1.70. The minimum absolute atomic E-state index is 0.191. The Morgan fingerprint density at radius 3 is 2.29 bits per heavy atom. The van der Waals surface area contributed by atoms with E-state index >= 15 is 0 Å². The van der Waals surface area contributed by atoms with Gasteiger partial charge in [-0.15, -0.1) is 0 Å². The van der Waals surface area contributed by atoms with Gasteiger partial charge in [0, 0.05) is 0 Å². The van der Waals surface area contributed by atoms with Crippen LogP contribution in [0.15, 0.2) is 60.7 Å². The van der Waals surface area contributed by atoms with Crippen LogP contribution in [0.2, 0.25) is 5.02 Å². The van der Waals surface area contributed by atoms with E-state index in [9.17, 15) is 14.4 Å². The molecule has 0 saturated carbocycles. The number of hydrogen-bond acceptors (Lipinski definition) is 3. The first kappa shape index (κ1) is 18.4. The van der Waals surface area contributed by atoms with Crippen LogP contribution in [0.25, 0.3) is 0 Å². The molecule has 1 N–H and O–H groups in total. The summed E-state index contributed by atoms with van der Waals surface area (Å²) < 4.78 is 0. The highest BCUT2D eigenvalue weighted by Crippen LogP contribution is 2.39. The van der Waals surface area contributed by atoms with Crippen molar-refractivity contribution in [3.05, 3.63) is 71.3 Å². The molecule has 5 nitrogen and oxygen atoms in total. The number of fused-ring (bicyclic) bond motifs is 1. The third-order valence-electron chi connectivity index (χ3n) is 5.20. The van der Waals surface area contributed by atoms with Gasteiger partial charge in [-0.1, -0.05) is 54.1 Å². The highest BCUT2D eigenvalue weighted by Gasteiger charge is 2.47. The zero-order valence-corrected chi connectivity index (χ0v) is 15.9. The van der Waals surface area contributed by atoms with Crippen LogP contribution in [0.4, 0.5) is 11.4 Å². The van der Waals surface area contributed by atoms with Crippen LogP contribution in [0.5, 0.6) is 0 Å². The third-order valence-corrected chi connectivity index (χ3v) is 5.53. The molecule has 1 saturated heterocycles. The Morgan fingerprint density at radius 1 is 1.00 bits per heavy atom. The van der Waals surface area contributed by atoms with Crippen molar-refractivity contribution in [3.8, 4) is 0 Å². The summed E-state index contributed by atoms with van der Waals surface area (Å²) in [6.45, 7) is 0. The molecule has 28 heavy (non-hydrogen) atoms. The van der Waals surface area contributed by atoms with Crippen LogP contribution in [0.1, 0.15) is 18.4 Å². The Bertz CT molecular complexity index is 945. The third kappa shape index (κ3) is 3.45. The normalized spacial score (nSPS) is 21.0. The molecule has 1 fully saturated rings. The van der Waals surface area contributed by atoms with Gasteiger partial charge in [-0.3, -0.25) is 14.4 Å². The van der Waals surface area contributed by atoms with Gasteiger partial charge in [0.05, 0.1) is 34.7 Å². The van der Waals surface area contributed by atoms with Gasteiger partial charge in [0.2, 0.25) is 17.7 Å². The van der Waals surface area contributed by atoms with E-state index in [1.54, 1.807) is 18.2 Å². The lowest BCUT2D eigenvalue weighted by Crippen LogP contribution is -2.31. The van der Waals surface area contributed by atoms with E-state index in [4.69, 9.17) is 11.6 Å². The Labute approximate surface area is 168 Å². The van der Waals surface area contributed by atoms with Gasteiger partial charge in [0.1, 0.15) is 0 Å². The summed E-state index contributed by atoms with van der Waals surface area (Å²) in [6.07, 6.45) is 5.28. The summed E-state index contributed by atoms with van der Waals surface area (Å²) in [6, 6.07) is 14.2. The van der Waals surface area contributed by atoms with Crippen molar-refractivity contribution < 1.29 is 14.4 Å². The number of carbonyl (C=O) groups excluding carboxylic acids is 3. The first-order chi connectivity index (χ1) is 13.5. The number of halogens is 1. The number of benzene rings is 2. The number of nitrogens with one attached hydrogen (secondary N) is 1. The molecule has 2 aromatic rings. The maximum atomic E-state index is 12.8. The maximum absolute atomic E-state index is 12.8. The van der Waals surface area contributed by atoms with Crippen molar-refractivity contribution in [1.29, 1.82) is 0 Å².